The smallest absolute Gasteiger partial charge is 0.328 e. The summed E-state index contributed by atoms with van der Waals surface area (Å²) in [6.07, 6.45) is 6.03. The minimum absolute atomic E-state index is 0.0997. The predicted molar refractivity (Wildman–Crippen MR) is 149 cm³/mol. The summed E-state index contributed by atoms with van der Waals surface area (Å²) in [5.41, 5.74) is 2.23. The zero-order valence-corrected chi connectivity index (χ0v) is 22.7. The number of nitrogens with one attached hydrogen (secondary N) is 1. The Morgan fingerprint density at radius 1 is 1.02 bits per heavy atom. The average molecular weight is 567 g/mol. The number of methoxy groups -OCH3 is 1. The van der Waals surface area contributed by atoms with E-state index in [2.05, 4.69) is 19.9 Å². The van der Waals surface area contributed by atoms with Crippen LogP contribution in [0.4, 0.5) is 4.39 Å². The quantitative estimate of drug-likeness (QED) is 0.178. The standard InChI is InChI=1S/C25H27FN4O3.C4H4O4/c1-16-12-17-19(29-16)6-7-21(24(17)26)33-25-18-13-22(31-2)23(14-20(18)27-15-28-25)32-11-5-10-30-8-3-4-9-30;5-3(6)1-2-4(7)8/h6-7,12-15,29H,3-5,8-11H2,1-2H3;1-2H,(H,5,6)(H,7,8). The van der Waals surface area contributed by atoms with Crippen LogP contribution in [-0.4, -0.2) is 75.4 Å². The molecule has 3 N–H and O–H groups in total. The van der Waals surface area contributed by atoms with Crippen LogP contribution in [0.5, 0.6) is 23.1 Å². The van der Waals surface area contributed by atoms with Crippen LogP contribution >= 0.6 is 0 Å². The molecule has 1 aliphatic heterocycles. The van der Waals surface area contributed by atoms with Gasteiger partial charge in [-0.3, -0.25) is 0 Å². The first-order chi connectivity index (χ1) is 19.7. The van der Waals surface area contributed by atoms with Crippen LogP contribution in [0, 0.1) is 12.7 Å². The van der Waals surface area contributed by atoms with E-state index >= 15 is 4.39 Å². The second kappa shape index (κ2) is 13.6. The molecule has 12 heteroatoms. The Bertz CT molecular complexity index is 1550. The number of likely N-dealkylation sites (tertiary alicyclic amines) is 1. The van der Waals surface area contributed by atoms with Gasteiger partial charge >= 0.3 is 11.9 Å². The molecule has 2 aromatic heterocycles. The number of carboxylic acid groups (broad SMARTS) is 2. The van der Waals surface area contributed by atoms with Crippen molar-refractivity contribution in [3.63, 3.8) is 0 Å². The highest BCUT2D eigenvalue weighted by Gasteiger charge is 2.17. The zero-order valence-electron chi connectivity index (χ0n) is 22.7. The van der Waals surface area contributed by atoms with E-state index in [1.807, 2.05) is 13.0 Å². The molecule has 1 saturated heterocycles. The largest absolute Gasteiger partial charge is 0.493 e. The number of hydrogen-bond donors (Lipinski definition) is 3. The van der Waals surface area contributed by atoms with Crippen LogP contribution < -0.4 is 14.2 Å². The van der Waals surface area contributed by atoms with Crippen LogP contribution in [0.2, 0.25) is 0 Å². The van der Waals surface area contributed by atoms with Crippen molar-refractivity contribution >= 4 is 33.7 Å². The average Bonchev–Trinajstić information content (AvgIpc) is 3.61. The number of carbonyl (C=O) groups is 2. The fourth-order valence-corrected chi connectivity index (χ4v) is 4.48. The summed E-state index contributed by atoms with van der Waals surface area (Å²) in [6.45, 7) is 5.86. The second-order valence-electron chi connectivity index (χ2n) is 9.35. The highest BCUT2D eigenvalue weighted by molar-refractivity contribution is 5.89. The van der Waals surface area contributed by atoms with Gasteiger partial charge in [-0.05, 0) is 63.5 Å². The summed E-state index contributed by atoms with van der Waals surface area (Å²) in [7, 11) is 1.59. The van der Waals surface area contributed by atoms with Crippen LogP contribution in [-0.2, 0) is 9.59 Å². The number of ether oxygens (including phenoxy) is 3. The van der Waals surface area contributed by atoms with E-state index in [9.17, 15) is 9.59 Å². The van der Waals surface area contributed by atoms with Gasteiger partial charge in [-0.25, -0.2) is 23.9 Å². The molecule has 1 aliphatic rings. The molecule has 3 heterocycles. The number of aryl methyl sites for hydroxylation is 1. The number of fused-ring (bicyclic) bond motifs is 2. The molecule has 216 valence electrons. The number of hydrogen-bond acceptors (Lipinski definition) is 8. The Morgan fingerprint density at radius 2 is 1.76 bits per heavy atom. The van der Waals surface area contributed by atoms with Crippen molar-refractivity contribution < 1.29 is 38.4 Å². The number of halogens is 1. The highest BCUT2D eigenvalue weighted by atomic mass is 19.1. The van der Waals surface area contributed by atoms with Crippen molar-refractivity contribution in [2.45, 2.75) is 26.2 Å². The third-order valence-corrected chi connectivity index (χ3v) is 6.37. The number of rotatable bonds is 10. The van der Waals surface area contributed by atoms with Gasteiger partial charge in [0.15, 0.2) is 23.1 Å². The molecular weight excluding hydrogens is 535 g/mol. The van der Waals surface area contributed by atoms with E-state index in [-0.39, 0.29) is 11.6 Å². The van der Waals surface area contributed by atoms with Gasteiger partial charge < -0.3 is 34.3 Å². The van der Waals surface area contributed by atoms with E-state index in [0.717, 1.165) is 24.2 Å². The number of aromatic amines is 1. The molecule has 11 nitrogen and oxygen atoms in total. The van der Waals surface area contributed by atoms with Gasteiger partial charge in [-0.15, -0.1) is 0 Å². The number of carboxylic acids is 2. The van der Waals surface area contributed by atoms with Crippen molar-refractivity contribution in [1.82, 2.24) is 19.9 Å². The Balaban J connectivity index is 0.000000426. The molecule has 1 fully saturated rings. The maximum absolute atomic E-state index is 15.0. The van der Waals surface area contributed by atoms with Gasteiger partial charge in [-0.2, -0.15) is 0 Å². The minimum Gasteiger partial charge on any atom is -0.493 e. The lowest BCUT2D eigenvalue weighted by Gasteiger charge is -2.16. The summed E-state index contributed by atoms with van der Waals surface area (Å²) < 4.78 is 32.5. The second-order valence-corrected chi connectivity index (χ2v) is 9.35. The van der Waals surface area contributed by atoms with E-state index in [1.165, 1.54) is 32.3 Å². The third kappa shape index (κ3) is 7.70. The fourth-order valence-electron chi connectivity index (χ4n) is 4.48. The Labute approximate surface area is 235 Å². The summed E-state index contributed by atoms with van der Waals surface area (Å²) in [4.78, 5) is 33.3. The lowest BCUT2D eigenvalue weighted by atomic mass is 10.2. The first kappa shape index (κ1) is 29.3. The molecule has 0 unspecified atom stereocenters. The minimum atomic E-state index is -1.26. The van der Waals surface area contributed by atoms with Gasteiger partial charge in [0.25, 0.3) is 0 Å². The molecule has 0 atom stereocenters. The number of aromatic nitrogens is 3. The van der Waals surface area contributed by atoms with Crippen molar-refractivity contribution in [2.24, 2.45) is 0 Å². The molecule has 0 amide bonds. The van der Waals surface area contributed by atoms with Crippen LogP contribution in [0.3, 0.4) is 0 Å². The van der Waals surface area contributed by atoms with Crippen LogP contribution in [0.15, 0.2) is 48.8 Å². The van der Waals surface area contributed by atoms with Crippen molar-refractivity contribution in [1.29, 1.82) is 0 Å². The lowest BCUT2D eigenvalue weighted by Crippen LogP contribution is -2.21. The molecule has 0 saturated carbocycles. The first-order valence-corrected chi connectivity index (χ1v) is 13.0. The monoisotopic (exact) mass is 566 g/mol. The Kier molecular flexibility index (Phi) is 9.69. The third-order valence-electron chi connectivity index (χ3n) is 6.37. The lowest BCUT2D eigenvalue weighted by molar-refractivity contribution is -0.134. The van der Waals surface area contributed by atoms with Crippen LogP contribution in [0.25, 0.3) is 21.8 Å². The fraction of sp³-hybridized carbons (Fsp3) is 0.310. The Hall–Kier alpha value is -4.71. The molecule has 0 aliphatic carbocycles. The maximum Gasteiger partial charge on any atom is 0.328 e. The first-order valence-electron chi connectivity index (χ1n) is 13.0. The predicted octanol–water partition coefficient (Wildman–Crippen LogP) is 4.94. The van der Waals surface area contributed by atoms with E-state index in [1.54, 1.807) is 31.4 Å². The topological polar surface area (TPSA) is 147 Å². The van der Waals surface area contributed by atoms with Crippen molar-refractivity contribution in [2.75, 3.05) is 33.4 Å². The summed E-state index contributed by atoms with van der Waals surface area (Å²) in [5.74, 6) is -1.42. The number of benzene rings is 2. The number of H-pyrrole nitrogens is 1. The maximum atomic E-state index is 15.0. The van der Waals surface area contributed by atoms with E-state index in [4.69, 9.17) is 24.4 Å². The number of aliphatic carboxylic acids is 2. The zero-order chi connectivity index (χ0) is 29.4. The van der Waals surface area contributed by atoms with Crippen LogP contribution in [0.1, 0.15) is 25.0 Å². The highest BCUT2D eigenvalue weighted by Crippen LogP contribution is 2.37. The SMILES string of the molecule is COc1cc2c(Oc3ccc4[nH]c(C)cc4c3F)ncnc2cc1OCCCN1CCCC1.O=C(O)C=CC(=O)O. The van der Waals surface area contributed by atoms with Crippen molar-refractivity contribution in [3.8, 4) is 23.1 Å². The molecule has 4 aromatic rings. The van der Waals surface area contributed by atoms with Gasteiger partial charge in [0, 0.05) is 41.4 Å². The van der Waals surface area contributed by atoms with Crippen molar-refractivity contribution in [3.05, 3.63) is 60.3 Å². The summed E-state index contributed by atoms with van der Waals surface area (Å²) >= 11 is 0. The summed E-state index contributed by atoms with van der Waals surface area (Å²) in [6, 6.07) is 8.73. The molecule has 41 heavy (non-hydrogen) atoms. The van der Waals surface area contributed by atoms with Gasteiger partial charge in [-0.1, -0.05) is 0 Å². The molecule has 2 aromatic carbocycles. The van der Waals surface area contributed by atoms with Gasteiger partial charge in [0.1, 0.15) is 6.33 Å². The van der Waals surface area contributed by atoms with Gasteiger partial charge in [0.05, 0.1) is 24.6 Å². The number of nitrogens with zero attached hydrogens (tertiary/aromatic N) is 3. The molecule has 0 bridgehead atoms. The van der Waals surface area contributed by atoms with E-state index < -0.39 is 17.8 Å². The molecular formula is C29H31FN4O7. The summed E-state index contributed by atoms with van der Waals surface area (Å²) in [5, 5.41) is 16.7. The molecule has 0 radical (unpaired) electrons. The Morgan fingerprint density at radius 3 is 2.44 bits per heavy atom. The molecule has 0 spiro atoms. The van der Waals surface area contributed by atoms with E-state index in [0.29, 0.717) is 46.5 Å². The van der Waals surface area contributed by atoms with Gasteiger partial charge in [0.2, 0.25) is 5.88 Å². The molecule has 5 rings (SSSR count). The normalized spacial score (nSPS) is 13.3.